The van der Waals surface area contributed by atoms with Crippen LogP contribution in [-0.4, -0.2) is 53.4 Å². The zero-order valence-electron chi connectivity index (χ0n) is 11.8. The number of amides is 2. The maximum absolute atomic E-state index is 12.1. The molecule has 1 unspecified atom stereocenters. The first-order chi connectivity index (χ1) is 9.57. The van der Waals surface area contributed by atoms with Crippen LogP contribution in [0.3, 0.4) is 0 Å². The monoisotopic (exact) mass is 284 g/mol. The molecule has 1 saturated heterocycles. The Hall–Kier alpha value is -1.30. The van der Waals surface area contributed by atoms with Crippen molar-refractivity contribution in [2.45, 2.75) is 38.5 Å². The van der Waals surface area contributed by atoms with Crippen molar-refractivity contribution in [3.8, 4) is 0 Å². The predicted octanol–water partition coefficient (Wildman–Crippen LogP) is 1.05. The molecule has 1 aliphatic heterocycles. The quantitative estimate of drug-likeness (QED) is 0.719. The van der Waals surface area contributed by atoms with Crippen LogP contribution in [0, 0.1) is 11.3 Å². The van der Waals surface area contributed by atoms with Gasteiger partial charge in [-0.3, -0.25) is 4.79 Å². The van der Waals surface area contributed by atoms with Gasteiger partial charge in [0.25, 0.3) is 0 Å². The van der Waals surface area contributed by atoms with Crippen LogP contribution in [0.25, 0.3) is 0 Å². The van der Waals surface area contributed by atoms with Crippen molar-refractivity contribution < 1.29 is 19.8 Å². The normalized spacial score (nSPS) is 25.4. The summed E-state index contributed by atoms with van der Waals surface area (Å²) in [7, 11) is 0. The Morgan fingerprint density at radius 3 is 2.55 bits per heavy atom. The molecule has 1 heterocycles. The van der Waals surface area contributed by atoms with Gasteiger partial charge in [-0.15, -0.1) is 0 Å². The molecular formula is C14H24N2O4. The third-order valence-corrected chi connectivity index (χ3v) is 4.66. The Bertz CT molecular complexity index is 366. The van der Waals surface area contributed by atoms with E-state index in [0.29, 0.717) is 25.9 Å². The molecule has 0 spiro atoms. The number of aliphatic carboxylic acids is 1. The number of carboxylic acids is 1. The van der Waals surface area contributed by atoms with Gasteiger partial charge in [-0.1, -0.05) is 12.8 Å². The second-order valence-electron chi connectivity index (χ2n) is 6.09. The molecular weight excluding hydrogens is 260 g/mol. The van der Waals surface area contributed by atoms with Crippen LogP contribution in [0.5, 0.6) is 0 Å². The van der Waals surface area contributed by atoms with E-state index in [-0.39, 0.29) is 25.1 Å². The number of likely N-dealkylation sites (tertiary alicyclic amines) is 1. The number of aliphatic hydroxyl groups excluding tert-OH is 1. The van der Waals surface area contributed by atoms with Crippen molar-refractivity contribution in [3.63, 3.8) is 0 Å². The average molecular weight is 284 g/mol. The van der Waals surface area contributed by atoms with Gasteiger partial charge in [-0.05, 0) is 31.6 Å². The van der Waals surface area contributed by atoms with Crippen molar-refractivity contribution in [1.82, 2.24) is 10.2 Å². The summed E-state index contributed by atoms with van der Waals surface area (Å²) in [5.41, 5.74) is -0.776. The fraction of sp³-hybridized carbons (Fsp3) is 0.857. The minimum atomic E-state index is -0.804. The highest BCUT2D eigenvalue weighted by Crippen LogP contribution is 2.37. The average Bonchev–Trinajstić information content (AvgIpc) is 2.95. The third kappa shape index (κ3) is 3.23. The molecule has 6 heteroatoms. The third-order valence-electron chi connectivity index (χ3n) is 4.66. The highest BCUT2D eigenvalue weighted by molar-refractivity contribution is 5.78. The van der Waals surface area contributed by atoms with Gasteiger partial charge in [0.1, 0.15) is 0 Å². The molecule has 2 rings (SSSR count). The molecule has 2 fully saturated rings. The van der Waals surface area contributed by atoms with E-state index < -0.39 is 11.4 Å². The Labute approximate surface area is 119 Å². The molecule has 0 aromatic carbocycles. The molecule has 1 atom stereocenters. The van der Waals surface area contributed by atoms with E-state index in [1.54, 1.807) is 4.90 Å². The van der Waals surface area contributed by atoms with Crippen molar-refractivity contribution in [2.75, 3.05) is 26.2 Å². The van der Waals surface area contributed by atoms with Gasteiger partial charge in [-0.25, -0.2) is 4.79 Å². The topological polar surface area (TPSA) is 89.9 Å². The molecule has 0 aromatic heterocycles. The van der Waals surface area contributed by atoms with Gasteiger partial charge in [-0.2, -0.15) is 0 Å². The van der Waals surface area contributed by atoms with Crippen LogP contribution in [-0.2, 0) is 4.79 Å². The van der Waals surface area contributed by atoms with Crippen molar-refractivity contribution >= 4 is 12.0 Å². The van der Waals surface area contributed by atoms with Crippen LogP contribution < -0.4 is 5.32 Å². The number of urea groups is 1. The lowest BCUT2D eigenvalue weighted by atomic mass is 9.86. The number of hydrogen-bond acceptors (Lipinski definition) is 3. The maximum atomic E-state index is 12.1. The number of nitrogens with zero attached hydrogens (tertiary/aromatic N) is 1. The number of carbonyl (C=O) groups excluding carboxylic acids is 1. The molecule has 0 aromatic rings. The lowest BCUT2D eigenvalue weighted by Gasteiger charge is -2.33. The molecule has 2 amide bonds. The SMILES string of the molecule is O=C(NCC1(C(=O)O)CCCC1)N1CCCC(CO)C1. The highest BCUT2D eigenvalue weighted by Gasteiger charge is 2.41. The number of carboxylic acid groups (broad SMARTS) is 1. The van der Waals surface area contributed by atoms with E-state index in [1.807, 2.05) is 0 Å². The maximum Gasteiger partial charge on any atom is 0.317 e. The van der Waals surface area contributed by atoms with E-state index >= 15 is 0 Å². The summed E-state index contributed by atoms with van der Waals surface area (Å²) in [5, 5.41) is 21.3. The molecule has 1 saturated carbocycles. The molecule has 2 aliphatic rings. The number of rotatable bonds is 4. The van der Waals surface area contributed by atoms with Crippen molar-refractivity contribution in [2.24, 2.45) is 11.3 Å². The molecule has 0 bridgehead atoms. The van der Waals surface area contributed by atoms with E-state index in [4.69, 9.17) is 0 Å². The second kappa shape index (κ2) is 6.43. The summed E-state index contributed by atoms with van der Waals surface area (Å²) in [5.74, 6) is -0.656. The Morgan fingerprint density at radius 2 is 1.95 bits per heavy atom. The van der Waals surface area contributed by atoms with E-state index in [2.05, 4.69) is 5.32 Å². The minimum absolute atomic E-state index is 0.100. The van der Waals surface area contributed by atoms with Gasteiger partial charge in [0.15, 0.2) is 0 Å². The fourth-order valence-corrected chi connectivity index (χ4v) is 3.27. The van der Waals surface area contributed by atoms with E-state index in [0.717, 1.165) is 25.7 Å². The van der Waals surface area contributed by atoms with Crippen LogP contribution in [0.1, 0.15) is 38.5 Å². The molecule has 1 aliphatic carbocycles. The van der Waals surface area contributed by atoms with Gasteiger partial charge < -0.3 is 20.4 Å². The molecule has 6 nitrogen and oxygen atoms in total. The summed E-state index contributed by atoms with van der Waals surface area (Å²) in [6.45, 7) is 1.55. The standard InChI is InChI=1S/C14H24N2O4/c17-9-11-4-3-7-16(8-11)13(20)15-10-14(12(18)19)5-1-2-6-14/h11,17H,1-10H2,(H,15,20)(H,18,19). The molecule has 0 radical (unpaired) electrons. The molecule has 114 valence electrons. The smallest absolute Gasteiger partial charge is 0.317 e. The Morgan fingerprint density at radius 1 is 1.25 bits per heavy atom. The minimum Gasteiger partial charge on any atom is -0.481 e. The van der Waals surface area contributed by atoms with Crippen LogP contribution >= 0.6 is 0 Å². The van der Waals surface area contributed by atoms with Gasteiger partial charge >= 0.3 is 12.0 Å². The van der Waals surface area contributed by atoms with E-state index in [1.165, 1.54) is 0 Å². The summed E-state index contributed by atoms with van der Waals surface area (Å²) in [4.78, 5) is 25.2. The Kier molecular flexibility index (Phi) is 4.86. The first-order valence-corrected chi connectivity index (χ1v) is 7.44. The number of piperidine rings is 1. The zero-order chi connectivity index (χ0) is 14.6. The fourth-order valence-electron chi connectivity index (χ4n) is 3.27. The summed E-state index contributed by atoms with van der Waals surface area (Å²) < 4.78 is 0. The number of nitrogens with one attached hydrogen (secondary N) is 1. The van der Waals surface area contributed by atoms with Crippen molar-refractivity contribution in [3.05, 3.63) is 0 Å². The number of aliphatic hydroxyl groups is 1. The van der Waals surface area contributed by atoms with Crippen LogP contribution in [0.2, 0.25) is 0 Å². The van der Waals surface area contributed by atoms with Gasteiger partial charge in [0, 0.05) is 26.2 Å². The van der Waals surface area contributed by atoms with Gasteiger partial charge in [0.2, 0.25) is 0 Å². The summed E-state index contributed by atoms with van der Waals surface area (Å²) >= 11 is 0. The second-order valence-corrected chi connectivity index (χ2v) is 6.09. The highest BCUT2D eigenvalue weighted by atomic mass is 16.4. The summed E-state index contributed by atoms with van der Waals surface area (Å²) in [6.07, 6.45) is 4.95. The van der Waals surface area contributed by atoms with E-state index in [9.17, 15) is 19.8 Å². The lowest BCUT2D eigenvalue weighted by molar-refractivity contribution is -0.148. The molecule has 20 heavy (non-hydrogen) atoms. The lowest BCUT2D eigenvalue weighted by Crippen LogP contribution is -2.49. The largest absolute Gasteiger partial charge is 0.481 e. The number of carbonyl (C=O) groups is 2. The summed E-state index contributed by atoms with van der Waals surface area (Å²) in [6, 6.07) is -0.198. The van der Waals surface area contributed by atoms with Crippen molar-refractivity contribution in [1.29, 1.82) is 0 Å². The Balaban J connectivity index is 1.86. The number of hydrogen-bond donors (Lipinski definition) is 3. The van der Waals surface area contributed by atoms with Crippen LogP contribution in [0.4, 0.5) is 4.79 Å². The molecule has 3 N–H and O–H groups in total. The first kappa shape index (κ1) is 15.1. The first-order valence-electron chi connectivity index (χ1n) is 7.44. The predicted molar refractivity (Wildman–Crippen MR) is 73.3 cm³/mol. The van der Waals surface area contributed by atoms with Crippen LogP contribution in [0.15, 0.2) is 0 Å². The van der Waals surface area contributed by atoms with Gasteiger partial charge in [0.05, 0.1) is 5.41 Å². The zero-order valence-corrected chi connectivity index (χ0v) is 11.8.